The highest BCUT2D eigenvalue weighted by molar-refractivity contribution is 6.00. The Morgan fingerprint density at radius 3 is 2.61 bits per heavy atom. The van der Waals surface area contributed by atoms with Gasteiger partial charge >= 0.3 is 0 Å². The molecule has 28 heavy (non-hydrogen) atoms. The molecular formula is C22H23N3O3. The highest BCUT2D eigenvalue weighted by Gasteiger charge is 2.24. The van der Waals surface area contributed by atoms with Crippen LogP contribution in [0, 0.1) is 0 Å². The smallest absolute Gasteiger partial charge is 0.254 e. The number of rotatable bonds is 4. The van der Waals surface area contributed by atoms with Crippen molar-refractivity contribution in [3.8, 4) is 11.1 Å². The fraction of sp³-hybridized carbons (Fsp3) is 0.273. The third kappa shape index (κ3) is 3.56. The van der Waals surface area contributed by atoms with Gasteiger partial charge in [0.05, 0.1) is 24.5 Å². The number of amides is 1. The lowest BCUT2D eigenvalue weighted by atomic mass is 9.99. The molecule has 2 N–H and O–H groups in total. The Kier molecular flexibility index (Phi) is 5.23. The number of aliphatic hydroxyl groups is 2. The molecule has 4 rings (SSSR count). The summed E-state index contributed by atoms with van der Waals surface area (Å²) in [7, 11) is 0. The molecule has 0 saturated heterocycles. The van der Waals surface area contributed by atoms with E-state index >= 15 is 0 Å². The van der Waals surface area contributed by atoms with Crippen molar-refractivity contribution >= 4 is 5.91 Å². The molecule has 6 nitrogen and oxygen atoms in total. The molecule has 1 aromatic heterocycles. The quantitative estimate of drug-likeness (QED) is 0.733. The van der Waals surface area contributed by atoms with Crippen LogP contribution in [0.5, 0.6) is 0 Å². The first-order chi connectivity index (χ1) is 13.7. The van der Waals surface area contributed by atoms with E-state index in [9.17, 15) is 9.90 Å². The number of aliphatic hydroxyl groups excluding tert-OH is 2. The third-order valence-electron chi connectivity index (χ3n) is 5.08. The maximum Gasteiger partial charge on any atom is 0.254 e. The van der Waals surface area contributed by atoms with Gasteiger partial charge < -0.3 is 15.1 Å². The van der Waals surface area contributed by atoms with Crippen molar-refractivity contribution in [1.82, 2.24) is 14.7 Å². The number of hydrogen-bond donors (Lipinski definition) is 2. The molecule has 0 bridgehead atoms. The van der Waals surface area contributed by atoms with Crippen LogP contribution in [0.2, 0.25) is 0 Å². The summed E-state index contributed by atoms with van der Waals surface area (Å²) in [5.41, 5.74) is 3.92. The minimum absolute atomic E-state index is 0.0154. The number of aromatic nitrogens is 2. The van der Waals surface area contributed by atoms with Crippen molar-refractivity contribution in [3.05, 3.63) is 77.6 Å². The van der Waals surface area contributed by atoms with Crippen LogP contribution in [0.1, 0.15) is 34.3 Å². The third-order valence-corrected chi connectivity index (χ3v) is 5.08. The van der Waals surface area contributed by atoms with E-state index in [-0.39, 0.29) is 12.5 Å². The summed E-state index contributed by atoms with van der Waals surface area (Å²) in [6.45, 7) is 1.37. The lowest BCUT2D eigenvalue weighted by Crippen LogP contribution is -2.31. The van der Waals surface area contributed by atoms with Crippen LogP contribution in [-0.2, 0) is 13.1 Å². The van der Waals surface area contributed by atoms with Crippen LogP contribution in [0.4, 0.5) is 0 Å². The molecular weight excluding hydrogens is 354 g/mol. The van der Waals surface area contributed by atoms with E-state index in [1.807, 2.05) is 64.2 Å². The van der Waals surface area contributed by atoms with E-state index in [0.717, 1.165) is 23.2 Å². The van der Waals surface area contributed by atoms with Crippen LogP contribution in [-0.4, -0.2) is 44.0 Å². The first-order valence-electron chi connectivity index (χ1n) is 9.46. The maximum absolute atomic E-state index is 13.4. The van der Waals surface area contributed by atoms with Gasteiger partial charge in [-0.3, -0.25) is 9.48 Å². The topological polar surface area (TPSA) is 78.6 Å². The Morgan fingerprint density at radius 1 is 1.07 bits per heavy atom. The van der Waals surface area contributed by atoms with E-state index < -0.39 is 6.10 Å². The second kappa shape index (κ2) is 7.96. The summed E-state index contributed by atoms with van der Waals surface area (Å²) < 4.78 is 1.82. The molecule has 0 spiro atoms. The molecule has 2 aromatic carbocycles. The van der Waals surface area contributed by atoms with Crippen molar-refractivity contribution in [2.45, 2.75) is 25.6 Å². The van der Waals surface area contributed by atoms with Crippen molar-refractivity contribution < 1.29 is 15.0 Å². The molecule has 144 valence electrons. The molecule has 1 atom stereocenters. The first kappa shape index (κ1) is 18.4. The minimum atomic E-state index is -0.998. The van der Waals surface area contributed by atoms with Crippen molar-refractivity contribution in [1.29, 1.82) is 0 Å². The predicted molar refractivity (Wildman–Crippen MR) is 106 cm³/mol. The van der Waals surface area contributed by atoms with Crippen molar-refractivity contribution in [2.75, 3.05) is 13.2 Å². The number of fused-ring (bicyclic) bond motifs is 1. The largest absolute Gasteiger partial charge is 0.393 e. The van der Waals surface area contributed by atoms with E-state index in [1.54, 1.807) is 6.07 Å². The normalized spacial score (nSPS) is 15.0. The summed E-state index contributed by atoms with van der Waals surface area (Å²) in [5, 5.41) is 23.4. The summed E-state index contributed by atoms with van der Waals surface area (Å²) in [6, 6.07) is 19.4. The van der Waals surface area contributed by atoms with E-state index in [1.165, 1.54) is 0 Å². The van der Waals surface area contributed by atoms with Gasteiger partial charge in [-0.05, 0) is 29.7 Å². The van der Waals surface area contributed by atoms with Gasteiger partial charge in [-0.1, -0.05) is 48.5 Å². The van der Waals surface area contributed by atoms with Crippen molar-refractivity contribution in [3.63, 3.8) is 0 Å². The molecule has 0 unspecified atom stereocenters. The molecule has 0 fully saturated rings. The number of carbonyl (C=O) groups is 1. The number of aryl methyl sites for hydroxylation is 1. The Balaban J connectivity index is 1.63. The van der Waals surface area contributed by atoms with Crippen molar-refractivity contribution in [2.24, 2.45) is 0 Å². The monoisotopic (exact) mass is 377 g/mol. The average Bonchev–Trinajstić information content (AvgIpc) is 3.04. The fourth-order valence-corrected chi connectivity index (χ4v) is 3.62. The summed E-state index contributed by atoms with van der Waals surface area (Å²) in [4.78, 5) is 15.2. The summed E-state index contributed by atoms with van der Waals surface area (Å²) in [5.74, 6) is -0.0154. The molecule has 0 aliphatic carbocycles. The molecule has 6 heteroatoms. The van der Waals surface area contributed by atoms with Gasteiger partial charge in [-0.2, -0.15) is 5.10 Å². The van der Waals surface area contributed by atoms with Gasteiger partial charge in [-0.15, -0.1) is 0 Å². The first-order valence-corrected chi connectivity index (χ1v) is 9.46. The summed E-state index contributed by atoms with van der Waals surface area (Å²) >= 11 is 0. The zero-order chi connectivity index (χ0) is 19.5. The summed E-state index contributed by atoms with van der Waals surface area (Å²) in [6.07, 6.45) is -0.217. The molecule has 3 aromatic rings. The zero-order valence-electron chi connectivity index (χ0n) is 15.5. The zero-order valence-corrected chi connectivity index (χ0v) is 15.5. The van der Waals surface area contributed by atoms with Gasteiger partial charge in [0.2, 0.25) is 0 Å². The van der Waals surface area contributed by atoms with Gasteiger partial charge in [0, 0.05) is 18.7 Å². The van der Waals surface area contributed by atoms with E-state index in [4.69, 9.17) is 5.11 Å². The highest BCUT2D eigenvalue weighted by Crippen LogP contribution is 2.26. The second-order valence-electron chi connectivity index (χ2n) is 6.97. The maximum atomic E-state index is 13.4. The Labute approximate surface area is 163 Å². The van der Waals surface area contributed by atoms with E-state index in [0.29, 0.717) is 30.9 Å². The van der Waals surface area contributed by atoms with Gasteiger partial charge in [0.15, 0.2) is 0 Å². The SMILES string of the molecule is O=C(c1ccccc1-c1ccccc1)N1CCCn2nc([C@H](O)CO)cc2C1. The molecule has 0 radical (unpaired) electrons. The van der Waals surface area contributed by atoms with Crippen LogP contribution in [0.15, 0.2) is 60.7 Å². The van der Waals surface area contributed by atoms with Gasteiger partial charge in [0.25, 0.3) is 5.91 Å². The molecule has 1 amide bonds. The van der Waals surface area contributed by atoms with Crippen LogP contribution >= 0.6 is 0 Å². The Morgan fingerprint density at radius 2 is 1.82 bits per heavy atom. The predicted octanol–water partition coefficient (Wildman–Crippen LogP) is 2.62. The van der Waals surface area contributed by atoms with Crippen LogP contribution in [0.25, 0.3) is 11.1 Å². The van der Waals surface area contributed by atoms with Gasteiger partial charge in [-0.25, -0.2) is 0 Å². The molecule has 2 heterocycles. The molecule has 0 saturated carbocycles. The molecule has 1 aliphatic rings. The Bertz CT molecular complexity index is 968. The van der Waals surface area contributed by atoms with Gasteiger partial charge in [0.1, 0.15) is 6.10 Å². The number of benzene rings is 2. The number of hydrogen-bond acceptors (Lipinski definition) is 4. The number of carbonyl (C=O) groups excluding carboxylic acids is 1. The average molecular weight is 377 g/mol. The lowest BCUT2D eigenvalue weighted by molar-refractivity contribution is 0.0746. The second-order valence-corrected chi connectivity index (χ2v) is 6.97. The fourth-order valence-electron chi connectivity index (χ4n) is 3.62. The van der Waals surface area contributed by atoms with Crippen LogP contribution in [0.3, 0.4) is 0 Å². The highest BCUT2D eigenvalue weighted by atomic mass is 16.3. The van der Waals surface area contributed by atoms with Crippen LogP contribution < -0.4 is 0 Å². The minimum Gasteiger partial charge on any atom is -0.393 e. The standard InChI is InChI=1S/C22H23N3O3/c26-15-21(27)20-13-17-14-24(11-6-12-25(17)23-20)22(28)19-10-5-4-9-18(19)16-7-2-1-3-8-16/h1-5,7-10,13,21,26-27H,6,11-12,14-15H2/t21-/m1/s1. The molecule has 1 aliphatic heterocycles. The lowest BCUT2D eigenvalue weighted by Gasteiger charge is -2.21. The number of nitrogens with zero attached hydrogens (tertiary/aromatic N) is 3. The van der Waals surface area contributed by atoms with E-state index in [2.05, 4.69) is 5.10 Å². The Hall–Kier alpha value is -2.96.